The number of ether oxygens (including phenoxy) is 1. The second-order valence-corrected chi connectivity index (χ2v) is 5.32. The van der Waals surface area contributed by atoms with E-state index < -0.39 is 5.97 Å². The number of methoxy groups -OCH3 is 1. The molecule has 0 aromatic heterocycles. The van der Waals surface area contributed by atoms with Crippen molar-refractivity contribution in [2.24, 2.45) is 5.92 Å². The molecule has 0 bridgehead atoms. The number of rotatable bonds is 4. The molecule has 108 valence electrons. The van der Waals surface area contributed by atoms with Crippen LogP contribution in [0.4, 0.5) is 5.69 Å². The molecular formula is C16H21NO3. The summed E-state index contributed by atoms with van der Waals surface area (Å²) in [6, 6.07) is 7.05. The molecule has 20 heavy (non-hydrogen) atoms. The van der Waals surface area contributed by atoms with Crippen molar-refractivity contribution in [1.29, 1.82) is 0 Å². The molecule has 2 rings (SSSR count). The third kappa shape index (κ3) is 3.18. The SMILES string of the molecule is COC(=O)c1ccccc1N(C)C(=O)CC1CCCC1. The first-order valence-corrected chi connectivity index (χ1v) is 7.07. The van der Waals surface area contributed by atoms with Crippen molar-refractivity contribution >= 4 is 17.6 Å². The van der Waals surface area contributed by atoms with Crippen molar-refractivity contribution in [3.63, 3.8) is 0 Å². The lowest BCUT2D eigenvalue weighted by atomic mass is 10.0. The lowest BCUT2D eigenvalue weighted by Gasteiger charge is -2.21. The monoisotopic (exact) mass is 275 g/mol. The number of para-hydroxylation sites is 1. The van der Waals surface area contributed by atoms with Crippen LogP contribution in [0.5, 0.6) is 0 Å². The molecule has 1 aromatic carbocycles. The molecule has 4 heteroatoms. The van der Waals surface area contributed by atoms with Gasteiger partial charge in [0.05, 0.1) is 18.4 Å². The summed E-state index contributed by atoms with van der Waals surface area (Å²) >= 11 is 0. The van der Waals surface area contributed by atoms with Crippen molar-refractivity contribution in [2.75, 3.05) is 19.1 Å². The fraction of sp³-hybridized carbons (Fsp3) is 0.500. The number of carbonyl (C=O) groups is 2. The largest absolute Gasteiger partial charge is 0.465 e. The third-order valence-corrected chi connectivity index (χ3v) is 3.98. The van der Waals surface area contributed by atoms with Crippen LogP contribution in [0.15, 0.2) is 24.3 Å². The predicted molar refractivity (Wildman–Crippen MR) is 77.8 cm³/mol. The first-order chi connectivity index (χ1) is 9.63. The highest BCUT2D eigenvalue weighted by molar-refractivity contribution is 6.02. The first-order valence-electron chi connectivity index (χ1n) is 7.07. The number of benzene rings is 1. The molecule has 0 heterocycles. The average molecular weight is 275 g/mol. The molecule has 4 nitrogen and oxygen atoms in total. The quantitative estimate of drug-likeness (QED) is 0.793. The lowest BCUT2D eigenvalue weighted by Crippen LogP contribution is -2.29. The minimum absolute atomic E-state index is 0.0632. The smallest absolute Gasteiger partial charge is 0.339 e. The van der Waals surface area contributed by atoms with Gasteiger partial charge in [-0.2, -0.15) is 0 Å². The first kappa shape index (κ1) is 14.6. The van der Waals surface area contributed by atoms with Gasteiger partial charge in [-0.05, 0) is 30.9 Å². The molecule has 1 aliphatic rings. The summed E-state index contributed by atoms with van der Waals surface area (Å²) in [5.74, 6) is 0.143. The number of carbonyl (C=O) groups excluding carboxylic acids is 2. The Bertz CT molecular complexity index is 492. The minimum Gasteiger partial charge on any atom is -0.465 e. The van der Waals surface area contributed by atoms with Crippen LogP contribution in [0, 0.1) is 5.92 Å². The Hall–Kier alpha value is -1.84. The van der Waals surface area contributed by atoms with Crippen molar-refractivity contribution in [3.05, 3.63) is 29.8 Å². The van der Waals surface area contributed by atoms with Crippen LogP contribution in [0.2, 0.25) is 0 Å². The van der Waals surface area contributed by atoms with Gasteiger partial charge in [0.1, 0.15) is 0 Å². The van der Waals surface area contributed by atoms with Crippen molar-refractivity contribution < 1.29 is 14.3 Å². The zero-order valence-electron chi connectivity index (χ0n) is 12.1. The summed E-state index contributed by atoms with van der Waals surface area (Å²) in [6.07, 6.45) is 5.28. The molecule has 1 aliphatic carbocycles. The average Bonchev–Trinajstić information content (AvgIpc) is 2.98. The maximum absolute atomic E-state index is 12.3. The molecular weight excluding hydrogens is 254 g/mol. The summed E-state index contributed by atoms with van der Waals surface area (Å²) in [4.78, 5) is 25.7. The van der Waals surface area contributed by atoms with E-state index in [1.54, 1.807) is 30.1 Å². The minimum atomic E-state index is -0.416. The molecule has 0 atom stereocenters. The van der Waals surface area contributed by atoms with Gasteiger partial charge in [0.2, 0.25) is 5.91 Å². The van der Waals surface area contributed by atoms with Gasteiger partial charge in [0.25, 0.3) is 0 Å². The highest BCUT2D eigenvalue weighted by Crippen LogP contribution is 2.29. The lowest BCUT2D eigenvalue weighted by molar-refractivity contribution is -0.119. The molecule has 0 N–H and O–H groups in total. The topological polar surface area (TPSA) is 46.6 Å². The molecule has 0 aliphatic heterocycles. The van der Waals surface area contributed by atoms with E-state index >= 15 is 0 Å². The fourth-order valence-electron chi connectivity index (χ4n) is 2.78. The van der Waals surface area contributed by atoms with Crippen LogP contribution in [0.25, 0.3) is 0 Å². The highest BCUT2D eigenvalue weighted by atomic mass is 16.5. The molecule has 1 amide bonds. The fourth-order valence-corrected chi connectivity index (χ4v) is 2.78. The van der Waals surface area contributed by atoms with Crippen molar-refractivity contribution in [1.82, 2.24) is 0 Å². The summed E-state index contributed by atoms with van der Waals surface area (Å²) in [6.45, 7) is 0. The summed E-state index contributed by atoms with van der Waals surface area (Å²) in [5.41, 5.74) is 1.04. The molecule has 1 fully saturated rings. The normalized spacial score (nSPS) is 15.1. The summed E-state index contributed by atoms with van der Waals surface area (Å²) < 4.78 is 4.76. The number of hydrogen-bond donors (Lipinski definition) is 0. The van der Waals surface area contributed by atoms with Crippen LogP contribution in [0.3, 0.4) is 0 Å². The number of anilines is 1. The molecule has 1 aromatic rings. The van der Waals surface area contributed by atoms with Crippen LogP contribution in [-0.4, -0.2) is 26.0 Å². The standard InChI is InChI=1S/C16H21NO3/c1-17(15(18)11-12-7-3-4-8-12)14-10-6-5-9-13(14)16(19)20-2/h5-6,9-10,12H,3-4,7-8,11H2,1-2H3. The number of amides is 1. The van der Waals surface area contributed by atoms with Gasteiger partial charge in [-0.25, -0.2) is 4.79 Å². The van der Waals surface area contributed by atoms with Crippen molar-refractivity contribution in [3.8, 4) is 0 Å². The Morgan fingerprint density at radius 3 is 2.55 bits per heavy atom. The maximum atomic E-state index is 12.3. The van der Waals surface area contributed by atoms with Crippen molar-refractivity contribution in [2.45, 2.75) is 32.1 Å². The van der Waals surface area contributed by atoms with E-state index in [4.69, 9.17) is 4.74 Å². The molecule has 0 spiro atoms. The Labute approximate surface area is 119 Å². The summed E-state index contributed by atoms with van der Waals surface area (Å²) in [7, 11) is 3.07. The number of hydrogen-bond acceptors (Lipinski definition) is 3. The van der Waals surface area contributed by atoms with Gasteiger partial charge in [0, 0.05) is 13.5 Å². The van der Waals surface area contributed by atoms with Crippen LogP contribution < -0.4 is 4.90 Å². The zero-order chi connectivity index (χ0) is 14.5. The van der Waals surface area contributed by atoms with Crippen LogP contribution in [0.1, 0.15) is 42.5 Å². The van der Waals surface area contributed by atoms with Gasteiger partial charge in [0.15, 0.2) is 0 Å². The Balaban J connectivity index is 2.13. The van der Waals surface area contributed by atoms with Gasteiger partial charge in [-0.15, -0.1) is 0 Å². The predicted octanol–water partition coefficient (Wildman–Crippen LogP) is 3.02. The van der Waals surface area contributed by atoms with E-state index in [0.29, 0.717) is 23.6 Å². The zero-order valence-corrected chi connectivity index (χ0v) is 12.1. The molecule has 0 radical (unpaired) electrons. The van der Waals surface area contributed by atoms with E-state index in [2.05, 4.69) is 0 Å². The number of nitrogens with zero attached hydrogens (tertiary/aromatic N) is 1. The van der Waals surface area contributed by atoms with Crippen LogP contribution in [-0.2, 0) is 9.53 Å². The van der Waals surface area contributed by atoms with E-state index in [1.807, 2.05) is 6.07 Å². The van der Waals surface area contributed by atoms with Gasteiger partial charge < -0.3 is 9.64 Å². The van der Waals surface area contributed by atoms with E-state index in [0.717, 1.165) is 12.8 Å². The third-order valence-electron chi connectivity index (χ3n) is 3.98. The maximum Gasteiger partial charge on any atom is 0.339 e. The second-order valence-electron chi connectivity index (χ2n) is 5.32. The Morgan fingerprint density at radius 2 is 1.90 bits per heavy atom. The molecule has 0 saturated heterocycles. The summed E-state index contributed by atoms with van der Waals surface area (Å²) in [5, 5.41) is 0. The Kier molecular flexibility index (Phi) is 4.77. The van der Waals surface area contributed by atoms with E-state index in [9.17, 15) is 9.59 Å². The van der Waals surface area contributed by atoms with Gasteiger partial charge in [-0.1, -0.05) is 25.0 Å². The molecule has 0 unspecified atom stereocenters. The van der Waals surface area contributed by atoms with E-state index in [-0.39, 0.29) is 5.91 Å². The van der Waals surface area contributed by atoms with E-state index in [1.165, 1.54) is 20.0 Å². The van der Waals surface area contributed by atoms with Crippen LogP contribution >= 0.6 is 0 Å². The Morgan fingerprint density at radius 1 is 1.25 bits per heavy atom. The highest BCUT2D eigenvalue weighted by Gasteiger charge is 2.23. The number of esters is 1. The second kappa shape index (κ2) is 6.55. The van der Waals surface area contributed by atoms with Gasteiger partial charge in [-0.3, -0.25) is 4.79 Å². The van der Waals surface area contributed by atoms with Gasteiger partial charge >= 0.3 is 5.97 Å². The molecule has 1 saturated carbocycles.